The summed E-state index contributed by atoms with van der Waals surface area (Å²) in [6.07, 6.45) is 7.49. The second-order valence-electron chi connectivity index (χ2n) is 10.2. The maximum absolute atomic E-state index is 13.2. The Bertz CT molecular complexity index is 1200. The first-order chi connectivity index (χ1) is 16.7. The first kappa shape index (κ1) is 24.7. The summed E-state index contributed by atoms with van der Waals surface area (Å²) in [5.41, 5.74) is 0.824. The van der Waals surface area contributed by atoms with Gasteiger partial charge in [0.15, 0.2) is 5.11 Å². The van der Waals surface area contributed by atoms with Gasteiger partial charge in [-0.3, -0.25) is 0 Å². The van der Waals surface area contributed by atoms with Crippen molar-refractivity contribution < 1.29 is 17.9 Å². The highest BCUT2D eigenvalue weighted by Gasteiger charge is 2.52. The number of hydrogen-bond donors (Lipinski definition) is 3. The molecule has 4 aliphatic carbocycles. The number of ether oxygens (including phenoxy) is 1. The number of carbonyl (C=O) groups is 1. The summed E-state index contributed by atoms with van der Waals surface area (Å²) in [4.78, 5) is 13.4. The highest BCUT2D eigenvalue weighted by Crippen LogP contribution is 2.56. The largest absolute Gasteiger partial charge is 0.465 e. The summed E-state index contributed by atoms with van der Waals surface area (Å²) in [7, 11) is -2.26. The highest BCUT2D eigenvalue weighted by atomic mass is 32.2. The lowest BCUT2D eigenvalue weighted by Gasteiger charge is -2.56. The lowest BCUT2D eigenvalue weighted by atomic mass is 9.53. The van der Waals surface area contributed by atoms with E-state index in [0.29, 0.717) is 39.1 Å². The van der Waals surface area contributed by atoms with Gasteiger partial charge < -0.3 is 15.4 Å². The second kappa shape index (κ2) is 9.46. The highest BCUT2D eigenvalue weighted by molar-refractivity contribution is 7.89. The molecule has 1 aromatic carbocycles. The van der Waals surface area contributed by atoms with Crippen LogP contribution in [0.15, 0.2) is 35.2 Å². The van der Waals surface area contributed by atoms with E-state index in [1.807, 2.05) is 6.92 Å². The van der Waals surface area contributed by atoms with Crippen molar-refractivity contribution in [1.29, 1.82) is 0 Å². The average Bonchev–Trinajstić information content (AvgIpc) is 3.20. The van der Waals surface area contributed by atoms with Crippen LogP contribution in [0.1, 0.15) is 60.7 Å². The molecule has 4 bridgehead atoms. The van der Waals surface area contributed by atoms with E-state index in [2.05, 4.69) is 15.4 Å². The monoisotopic (exact) mass is 533 g/mol. The molecule has 3 N–H and O–H groups in total. The molecule has 0 spiro atoms. The third kappa shape index (κ3) is 5.12. The topological polar surface area (TPSA) is 96.5 Å². The van der Waals surface area contributed by atoms with Gasteiger partial charge in [-0.25, -0.2) is 17.9 Å². The predicted molar refractivity (Wildman–Crippen MR) is 143 cm³/mol. The van der Waals surface area contributed by atoms with Gasteiger partial charge in [0.05, 0.1) is 17.6 Å². The number of thiophene rings is 1. The number of carbonyl (C=O) groups excluding carboxylic acids is 1. The van der Waals surface area contributed by atoms with Crippen molar-refractivity contribution in [3.8, 4) is 0 Å². The molecule has 1 aromatic heterocycles. The fourth-order valence-corrected chi connectivity index (χ4v) is 9.24. The summed E-state index contributed by atoms with van der Waals surface area (Å²) >= 11 is 6.87. The minimum absolute atomic E-state index is 0.261. The van der Waals surface area contributed by atoms with Crippen molar-refractivity contribution in [2.24, 2.45) is 17.8 Å². The lowest BCUT2D eigenvalue weighted by Crippen LogP contribution is -2.59. The van der Waals surface area contributed by atoms with Gasteiger partial charge in [-0.1, -0.05) is 6.92 Å². The van der Waals surface area contributed by atoms with Gasteiger partial charge in [0.25, 0.3) is 0 Å². The van der Waals surface area contributed by atoms with Gasteiger partial charge in [0, 0.05) is 16.1 Å². The summed E-state index contributed by atoms with van der Waals surface area (Å²) in [5, 5.41) is 7.06. The van der Waals surface area contributed by atoms with Crippen LogP contribution in [0.2, 0.25) is 0 Å². The number of aryl methyl sites for hydroxylation is 1. The number of methoxy groups -OCH3 is 1. The Morgan fingerprint density at radius 2 is 1.69 bits per heavy atom. The molecule has 0 unspecified atom stereocenters. The number of benzene rings is 1. The Morgan fingerprint density at radius 1 is 1.09 bits per heavy atom. The molecule has 2 aromatic rings. The number of hydrogen-bond acceptors (Lipinski definition) is 6. The molecule has 0 saturated heterocycles. The summed E-state index contributed by atoms with van der Waals surface area (Å²) < 4.78 is 34.5. The van der Waals surface area contributed by atoms with Crippen molar-refractivity contribution in [2.75, 3.05) is 17.7 Å². The van der Waals surface area contributed by atoms with Crippen LogP contribution in [0.5, 0.6) is 0 Å². The smallest absolute Gasteiger partial charge is 0.340 e. The summed E-state index contributed by atoms with van der Waals surface area (Å²) in [5.74, 6) is 1.58. The molecule has 1 heterocycles. The Morgan fingerprint density at radius 3 is 2.23 bits per heavy atom. The molecule has 4 aliphatic rings. The van der Waals surface area contributed by atoms with Gasteiger partial charge >= 0.3 is 5.97 Å². The molecule has 4 fully saturated rings. The van der Waals surface area contributed by atoms with Crippen molar-refractivity contribution in [2.45, 2.75) is 62.3 Å². The molecule has 0 radical (unpaired) electrons. The number of rotatable bonds is 7. The normalized spacial score (nSPS) is 27.0. The van der Waals surface area contributed by atoms with Crippen LogP contribution in [0.25, 0.3) is 0 Å². The molecule has 6 rings (SSSR count). The maximum atomic E-state index is 13.2. The first-order valence-electron chi connectivity index (χ1n) is 12.1. The number of thiocarbonyl (C=S) groups is 1. The first-order valence-corrected chi connectivity index (χ1v) is 14.8. The minimum Gasteiger partial charge on any atom is -0.465 e. The molecular weight excluding hydrogens is 502 g/mol. The number of sulfonamides is 1. The van der Waals surface area contributed by atoms with Gasteiger partial charge in [0.1, 0.15) is 5.00 Å². The summed E-state index contributed by atoms with van der Waals surface area (Å²) in [6.45, 7) is 2.01. The van der Waals surface area contributed by atoms with Crippen LogP contribution < -0.4 is 15.4 Å². The Hall–Kier alpha value is -2.01. The zero-order valence-corrected chi connectivity index (χ0v) is 22.4. The van der Waals surface area contributed by atoms with Gasteiger partial charge in [-0.05, 0) is 105 Å². The van der Waals surface area contributed by atoms with E-state index in [1.54, 1.807) is 30.3 Å². The lowest BCUT2D eigenvalue weighted by molar-refractivity contribution is -0.00810. The predicted octanol–water partition coefficient (Wildman–Crippen LogP) is 5.15. The van der Waals surface area contributed by atoms with E-state index < -0.39 is 16.0 Å². The van der Waals surface area contributed by atoms with Crippen LogP contribution in [-0.4, -0.2) is 32.1 Å². The molecule has 7 nitrogen and oxygen atoms in total. The quantitative estimate of drug-likeness (QED) is 0.334. The standard InChI is InChI=1S/C25H31N3O4S3/c1-3-19-11-21(23(29)32-2)22(34-19)27-24(33)26-18-4-6-20(7-5-18)35(30,31)28-25-12-15-8-16(13-25)10-17(9-15)14-25/h4-7,11,15-17,28H,3,8-10,12-14H2,1-2H3,(H2,26,27,33). The van der Waals surface area contributed by atoms with Crippen molar-refractivity contribution >= 4 is 55.3 Å². The summed E-state index contributed by atoms with van der Waals surface area (Å²) in [6, 6.07) is 8.42. The molecule has 10 heteroatoms. The van der Waals surface area contributed by atoms with Gasteiger partial charge in [0.2, 0.25) is 10.0 Å². The van der Waals surface area contributed by atoms with Gasteiger partial charge in [-0.15, -0.1) is 11.3 Å². The molecule has 35 heavy (non-hydrogen) atoms. The van der Waals surface area contributed by atoms with Crippen molar-refractivity contribution in [3.05, 3.63) is 40.8 Å². The SMILES string of the molecule is CCc1cc(C(=O)OC)c(NC(=S)Nc2ccc(S(=O)(=O)NC34CC5CC(CC(C5)C3)C4)cc2)s1. The van der Waals surface area contributed by atoms with E-state index >= 15 is 0 Å². The van der Waals surface area contributed by atoms with Crippen LogP contribution in [-0.2, 0) is 21.2 Å². The van der Waals surface area contributed by atoms with Crippen molar-refractivity contribution in [3.63, 3.8) is 0 Å². The minimum atomic E-state index is -3.61. The third-order valence-electron chi connectivity index (χ3n) is 7.58. The Kier molecular flexibility index (Phi) is 6.67. The van der Waals surface area contributed by atoms with Crippen LogP contribution >= 0.6 is 23.6 Å². The number of anilines is 2. The van der Waals surface area contributed by atoms with E-state index in [4.69, 9.17) is 17.0 Å². The van der Waals surface area contributed by atoms with Crippen LogP contribution in [0.3, 0.4) is 0 Å². The van der Waals surface area contributed by atoms with E-state index in [1.165, 1.54) is 37.7 Å². The zero-order valence-electron chi connectivity index (χ0n) is 19.9. The van der Waals surface area contributed by atoms with E-state index in [9.17, 15) is 13.2 Å². The fraction of sp³-hybridized carbons (Fsp3) is 0.520. The van der Waals surface area contributed by atoms with Crippen LogP contribution in [0.4, 0.5) is 10.7 Å². The molecule has 4 saturated carbocycles. The fourth-order valence-electron chi connectivity index (χ4n) is 6.53. The Labute approximate surface area is 216 Å². The molecule has 0 amide bonds. The number of nitrogens with one attached hydrogen (secondary N) is 3. The molecular formula is C25H31N3O4S3. The molecule has 188 valence electrons. The van der Waals surface area contributed by atoms with Crippen LogP contribution in [0, 0.1) is 17.8 Å². The number of esters is 1. The Balaban J connectivity index is 1.24. The zero-order chi connectivity index (χ0) is 24.8. The average molecular weight is 534 g/mol. The molecule has 0 atom stereocenters. The maximum Gasteiger partial charge on any atom is 0.340 e. The van der Waals surface area contributed by atoms with E-state index in [0.717, 1.165) is 30.6 Å². The van der Waals surface area contributed by atoms with Gasteiger partial charge in [-0.2, -0.15) is 0 Å². The van der Waals surface area contributed by atoms with E-state index in [-0.39, 0.29) is 10.4 Å². The second-order valence-corrected chi connectivity index (χ2v) is 13.4. The molecule has 0 aliphatic heterocycles. The third-order valence-corrected chi connectivity index (χ3v) is 10.6. The van der Waals surface area contributed by atoms with Crippen molar-refractivity contribution in [1.82, 2.24) is 4.72 Å².